The molecule has 1 heterocycles. The van der Waals surface area contributed by atoms with Crippen LogP contribution in [0.4, 0.5) is 0 Å². The third-order valence-electron chi connectivity index (χ3n) is 4.31. The van der Waals surface area contributed by atoms with Crippen molar-refractivity contribution in [1.82, 2.24) is 9.80 Å². The fourth-order valence-electron chi connectivity index (χ4n) is 2.91. The van der Waals surface area contributed by atoms with Crippen LogP contribution in [0.5, 0.6) is 0 Å². The first-order chi connectivity index (χ1) is 10.7. The summed E-state index contributed by atoms with van der Waals surface area (Å²) in [6, 6.07) is 17.1. The van der Waals surface area contributed by atoms with E-state index in [-0.39, 0.29) is 0 Å². The van der Waals surface area contributed by atoms with Crippen LogP contribution in [-0.2, 0) is 13.1 Å². The summed E-state index contributed by atoms with van der Waals surface area (Å²) in [6.45, 7) is 8.77. The minimum atomic E-state index is 0.812. The zero-order valence-electron chi connectivity index (χ0n) is 13.1. The number of aryl methyl sites for hydroxylation is 1. The van der Waals surface area contributed by atoms with Crippen LogP contribution in [-0.4, -0.2) is 36.0 Å². The number of piperazine rings is 1. The zero-order valence-corrected chi connectivity index (χ0v) is 13.9. The molecule has 0 N–H and O–H groups in total. The summed E-state index contributed by atoms with van der Waals surface area (Å²) < 4.78 is 0. The predicted octanol–water partition coefficient (Wildman–Crippen LogP) is 3.97. The first-order valence-corrected chi connectivity index (χ1v) is 8.31. The Morgan fingerprint density at radius 2 is 1.14 bits per heavy atom. The Hall–Kier alpha value is -1.35. The van der Waals surface area contributed by atoms with Gasteiger partial charge in [0.1, 0.15) is 0 Å². The van der Waals surface area contributed by atoms with E-state index in [0.717, 1.165) is 44.3 Å². The average molecular weight is 315 g/mol. The maximum absolute atomic E-state index is 5.94. The van der Waals surface area contributed by atoms with Gasteiger partial charge in [0, 0.05) is 44.3 Å². The van der Waals surface area contributed by atoms with Gasteiger partial charge in [-0.3, -0.25) is 9.80 Å². The highest BCUT2D eigenvalue weighted by Gasteiger charge is 2.16. The monoisotopic (exact) mass is 314 g/mol. The summed E-state index contributed by atoms with van der Waals surface area (Å²) in [4.78, 5) is 5.07. The summed E-state index contributed by atoms with van der Waals surface area (Å²) in [5, 5.41) is 0.812. The molecule has 0 unspecified atom stereocenters. The van der Waals surface area contributed by atoms with Crippen molar-refractivity contribution < 1.29 is 0 Å². The molecule has 116 valence electrons. The smallest absolute Gasteiger partial charge is 0.0406 e. The van der Waals surface area contributed by atoms with Gasteiger partial charge in [-0.15, -0.1) is 0 Å². The molecular formula is C19H23ClN2. The first-order valence-electron chi connectivity index (χ1n) is 7.94. The van der Waals surface area contributed by atoms with Crippen LogP contribution in [0.1, 0.15) is 16.7 Å². The number of rotatable bonds is 4. The van der Waals surface area contributed by atoms with E-state index in [0.29, 0.717) is 0 Å². The molecule has 1 fully saturated rings. The molecule has 2 aromatic carbocycles. The van der Waals surface area contributed by atoms with Crippen LogP contribution in [0.2, 0.25) is 5.02 Å². The van der Waals surface area contributed by atoms with Crippen molar-refractivity contribution in [2.24, 2.45) is 0 Å². The van der Waals surface area contributed by atoms with Crippen molar-refractivity contribution in [1.29, 1.82) is 0 Å². The van der Waals surface area contributed by atoms with Crippen molar-refractivity contribution in [2.75, 3.05) is 26.2 Å². The van der Waals surface area contributed by atoms with E-state index in [1.807, 2.05) is 12.1 Å². The highest BCUT2D eigenvalue weighted by Crippen LogP contribution is 2.14. The van der Waals surface area contributed by atoms with E-state index in [4.69, 9.17) is 11.6 Å². The molecule has 0 aliphatic carbocycles. The van der Waals surface area contributed by atoms with Gasteiger partial charge in [-0.25, -0.2) is 0 Å². The summed E-state index contributed by atoms with van der Waals surface area (Å²) in [6.07, 6.45) is 0. The Morgan fingerprint density at radius 1 is 0.727 bits per heavy atom. The van der Waals surface area contributed by atoms with Crippen LogP contribution in [0, 0.1) is 6.92 Å². The van der Waals surface area contributed by atoms with Crippen molar-refractivity contribution >= 4 is 11.6 Å². The lowest BCUT2D eigenvalue weighted by Gasteiger charge is -2.34. The van der Waals surface area contributed by atoms with Gasteiger partial charge in [0.2, 0.25) is 0 Å². The first kappa shape index (κ1) is 15.5. The maximum atomic E-state index is 5.94. The second-order valence-corrected chi connectivity index (χ2v) is 6.60. The Balaban J connectivity index is 1.47. The number of halogens is 1. The highest BCUT2D eigenvalue weighted by molar-refractivity contribution is 6.30. The Kier molecular flexibility index (Phi) is 5.14. The zero-order chi connectivity index (χ0) is 15.4. The normalized spacial score (nSPS) is 16.8. The van der Waals surface area contributed by atoms with Crippen LogP contribution in [0.25, 0.3) is 0 Å². The third kappa shape index (κ3) is 4.33. The van der Waals surface area contributed by atoms with Gasteiger partial charge >= 0.3 is 0 Å². The molecule has 0 bridgehead atoms. The van der Waals surface area contributed by atoms with E-state index in [2.05, 4.69) is 53.1 Å². The van der Waals surface area contributed by atoms with Gasteiger partial charge < -0.3 is 0 Å². The second kappa shape index (κ2) is 7.28. The lowest BCUT2D eigenvalue weighted by molar-refractivity contribution is 0.122. The number of hydrogen-bond donors (Lipinski definition) is 0. The molecule has 0 aromatic heterocycles. The van der Waals surface area contributed by atoms with E-state index in [9.17, 15) is 0 Å². The second-order valence-electron chi connectivity index (χ2n) is 6.16. The minimum absolute atomic E-state index is 0.812. The predicted molar refractivity (Wildman–Crippen MR) is 93.2 cm³/mol. The molecule has 3 rings (SSSR count). The SMILES string of the molecule is Cc1ccc(CN2CCN(Cc3ccc(Cl)cc3)CC2)cc1. The molecule has 1 aliphatic heterocycles. The van der Waals surface area contributed by atoms with Gasteiger partial charge in [0.25, 0.3) is 0 Å². The number of nitrogens with zero attached hydrogens (tertiary/aromatic N) is 2. The van der Waals surface area contributed by atoms with Crippen LogP contribution < -0.4 is 0 Å². The lowest BCUT2D eigenvalue weighted by atomic mass is 10.1. The lowest BCUT2D eigenvalue weighted by Crippen LogP contribution is -2.45. The van der Waals surface area contributed by atoms with Gasteiger partial charge in [0.05, 0.1) is 0 Å². The van der Waals surface area contributed by atoms with E-state index in [1.54, 1.807) is 0 Å². The summed E-state index contributed by atoms with van der Waals surface area (Å²) in [5.41, 5.74) is 4.09. The molecule has 0 saturated carbocycles. The third-order valence-corrected chi connectivity index (χ3v) is 4.56. The molecule has 2 nitrogen and oxygen atoms in total. The standard InChI is InChI=1S/C19H23ClN2/c1-16-2-4-17(5-3-16)14-21-10-12-22(13-11-21)15-18-6-8-19(20)9-7-18/h2-9H,10-15H2,1H3. The van der Waals surface area contributed by atoms with Crippen molar-refractivity contribution in [2.45, 2.75) is 20.0 Å². The average Bonchev–Trinajstić information content (AvgIpc) is 2.54. The quantitative estimate of drug-likeness (QED) is 0.842. The Bertz CT molecular complexity index is 528. The molecule has 3 heteroatoms. The number of hydrogen-bond acceptors (Lipinski definition) is 2. The van der Waals surface area contributed by atoms with Gasteiger partial charge in [-0.05, 0) is 30.2 Å². The minimum Gasteiger partial charge on any atom is -0.297 e. The molecule has 2 aromatic rings. The molecule has 22 heavy (non-hydrogen) atoms. The summed E-state index contributed by atoms with van der Waals surface area (Å²) in [7, 11) is 0. The topological polar surface area (TPSA) is 6.48 Å². The van der Waals surface area contributed by atoms with Crippen molar-refractivity contribution in [3.05, 3.63) is 70.2 Å². The van der Waals surface area contributed by atoms with E-state index >= 15 is 0 Å². The molecular weight excluding hydrogens is 292 g/mol. The van der Waals surface area contributed by atoms with Crippen LogP contribution >= 0.6 is 11.6 Å². The fraction of sp³-hybridized carbons (Fsp3) is 0.368. The molecule has 0 atom stereocenters. The summed E-state index contributed by atoms with van der Waals surface area (Å²) in [5.74, 6) is 0. The van der Waals surface area contributed by atoms with Gasteiger partial charge in [-0.2, -0.15) is 0 Å². The molecule has 0 radical (unpaired) electrons. The molecule has 0 spiro atoms. The van der Waals surface area contributed by atoms with Crippen molar-refractivity contribution in [3.63, 3.8) is 0 Å². The largest absolute Gasteiger partial charge is 0.297 e. The van der Waals surface area contributed by atoms with E-state index in [1.165, 1.54) is 16.7 Å². The molecule has 1 aliphatic rings. The highest BCUT2D eigenvalue weighted by atomic mass is 35.5. The van der Waals surface area contributed by atoms with Crippen molar-refractivity contribution in [3.8, 4) is 0 Å². The molecule has 0 amide bonds. The van der Waals surface area contributed by atoms with Crippen LogP contribution in [0.3, 0.4) is 0 Å². The summed E-state index contributed by atoms with van der Waals surface area (Å²) >= 11 is 5.94. The fourth-order valence-corrected chi connectivity index (χ4v) is 3.03. The maximum Gasteiger partial charge on any atom is 0.0406 e. The number of benzene rings is 2. The van der Waals surface area contributed by atoms with Gasteiger partial charge in [-0.1, -0.05) is 53.6 Å². The Labute approximate surface area is 138 Å². The van der Waals surface area contributed by atoms with Crippen LogP contribution in [0.15, 0.2) is 48.5 Å². The van der Waals surface area contributed by atoms with E-state index < -0.39 is 0 Å². The molecule has 1 saturated heterocycles. The Morgan fingerprint density at radius 3 is 1.59 bits per heavy atom. The van der Waals surface area contributed by atoms with Gasteiger partial charge in [0.15, 0.2) is 0 Å².